The molecule has 2 aromatic rings. The zero-order valence-electron chi connectivity index (χ0n) is 13.4. The summed E-state index contributed by atoms with van der Waals surface area (Å²) in [6.45, 7) is 0. The topological polar surface area (TPSA) is 94.6 Å². The molecule has 0 bridgehead atoms. The zero-order valence-corrected chi connectivity index (χ0v) is 13.4. The lowest BCUT2D eigenvalue weighted by atomic mass is 10.1. The highest BCUT2D eigenvalue weighted by Crippen LogP contribution is 2.12. The van der Waals surface area contributed by atoms with Gasteiger partial charge in [-0.1, -0.05) is 24.3 Å². The van der Waals surface area contributed by atoms with Crippen molar-refractivity contribution in [2.45, 2.75) is 18.9 Å². The zero-order chi connectivity index (χ0) is 17.5. The summed E-state index contributed by atoms with van der Waals surface area (Å²) < 4.78 is 9.19. The maximum atomic E-state index is 12.3. The minimum atomic E-state index is -0.949. The number of nitrogens with zero attached hydrogens (tertiary/aromatic N) is 1. The van der Waals surface area contributed by atoms with Crippen molar-refractivity contribution in [3.8, 4) is 0 Å². The van der Waals surface area contributed by atoms with Crippen molar-refractivity contribution in [2.24, 2.45) is 0 Å². The lowest BCUT2D eigenvalue weighted by molar-refractivity contribution is -0.144. The molecule has 0 saturated carbocycles. The van der Waals surface area contributed by atoms with Gasteiger partial charge < -0.3 is 14.8 Å². The number of benzene rings is 1. The number of carbonyl (C=O) groups is 3. The average molecular weight is 330 g/mol. The first-order valence-corrected chi connectivity index (χ1v) is 7.36. The summed E-state index contributed by atoms with van der Waals surface area (Å²) in [7, 11) is 2.47. The summed E-state index contributed by atoms with van der Waals surface area (Å²) in [5.74, 6) is -1.61. The van der Waals surface area contributed by atoms with E-state index in [0.717, 1.165) is 5.39 Å². The second-order valence-electron chi connectivity index (χ2n) is 5.05. The molecule has 1 heterocycles. The molecule has 1 amide bonds. The van der Waals surface area contributed by atoms with E-state index in [9.17, 15) is 14.4 Å². The van der Waals surface area contributed by atoms with Crippen LogP contribution >= 0.6 is 0 Å². The molecular weight excluding hydrogens is 312 g/mol. The first-order chi connectivity index (χ1) is 11.5. The molecule has 0 aliphatic rings. The van der Waals surface area contributed by atoms with Crippen molar-refractivity contribution in [2.75, 3.05) is 14.2 Å². The molecule has 1 aromatic carbocycles. The normalized spacial score (nSPS) is 11.6. The lowest BCUT2D eigenvalue weighted by Crippen LogP contribution is -2.42. The third-order valence-electron chi connectivity index (χ3n) is 3.49. The van der Waals surface area contributed by atoms with E-state index in [-0.39, 0.29) is 18.5 Å². The summed E-state index contributed by atoms with van der Waals surface area (Å²) in [6, 6.07) is 9.79. The number of esters is 2. The number of amides is 1. The Kier molecular flexibility index (Phi) is 5.83. The molecule has 1 atom stereocenters. The average Bonchev–Trinajstić information content (AvgIpc) is 2.63. The first-order valence-electron chi connectivity index (χ1n) is 7.36. The molecule has 0 aliphatic heterocycles. The van der Waals surface area contributed by atoms with Crippen LogP contribution in [-0.4, -0.2) is 43.1 Å². The highest BCUT2D eigenvalue weighted by Gasteiger charge is 2.23. The first kappa shape index (κ1) is 17.4. The minimum Gasteiger partial charge on any atom is -0.469 e. The van der Waals surface area contributed by atoms with Gasteiger partial charge in [0.2, 0.25) is 0 Å². The maximum Gasteiger partial charge on any atom is 0.328 e. The van der Waals surface area contributed by atoms with E-state index in [2.05, 4.69) is 19.8 Å². The predicted molar refractivity (Wildman–Crippen MR) is 86.3 cm³/mol. The van der Waals surface area contributed by atoms with E-state index in [0.29, 0.717) is 5.52 Å². The van der Waals surface area contributed by atoms with Crippen molar-refractivity contribution < 1.29 is 23.9 Å². The number of carbonyl (C=O) groups excluding carboxylic acids is 3. The van der Waals surface area contributed by atoms with Crippen LogP contribution in [0.4, 0.5) is 0 Å². The Bertz CT molecular complexity index is 759. The van der Waals surface area contributed by atoms with Crippen LogP contribution in [0, 0.1) is 0 Å². The fourth-order valence-corrected chi connectivity index (χ4v) is 2.18. The number of methoxy groups -OCH3 is 2. The number of aromatic nitrogens is 1. The van der Waals surface area contributed by atoms with Gasteiger partial charge in [0, 0.05) is 11.8 Å². The predicted octanol–water partition coefficient (Wildman–Crippen LogP) is 1.46. The van der Waals surface area contributed by atoms with Gasteiger partial charge in [-0.2, -0.15) is 0 Å². The van der Waals surface area contributed by atoms with E-state index in [4.69, 9.17) is 0 Å². The van der Waals surface area contributed by atoms with Crippen LogP contribution in [-0.2, 0) is 19.1 Å². The quantitative estimate of drug-likeness (QED) is 0.806. The van der Waals surface area contributed by atoms with Crippen LogP contribution in [0.5, 0.6) is 0 Å². The van der Waals surface area contributed by atoms with Crippen LogP contribution in [0.1, 0.15) is 23.3 Å². The number of para-hydroxylation sites is 1. The summed E-state index contributed by atoms with van der Waals surface area (Å²) in [4.78, 5) is 39.6. The van der Waals surface area contributed by atoms with Crippen molar-refractivity contribution in [1.29, 1.82) is 0 Å². The van der Waals surface area contributed by atoms with Crippen LogP contribution in [0.2, 0.25) is 0 Å². The number of rotatable bonds is 6. The third-order valence-corrected chi connectivity index (χ3v) is 3.49. The van der Waals surface area contributed by atoms with Crippen molar-refractivity contribution in [1.82, 2.24) is 10.3 Å². The number of fused-ring (bicyclic) bond motifs is 1. The third kappa shape index (κ3) is 4.28. The highest BCUT2D eigenvalue weighted by molar-refractivity contribution is 5.97. The maximum absolute atomic E-state index is 12.3. The van der Waals surface area contributed by atoms with Crippen LogP contribution in [0.25, 0.3) is 10.9 Å². The molecule has 126 valence electrons. The van der Waals surface area contributed by atoms with Gasteiger partial charge in [0.1, 0.15) is 11.7 Å². The van der Waals surface area contributed by atoms with E-state index >= 15 is 0 Å². The Balaban J connectivity index is 2.12. The molecule has 24 heavy (non-hydrogen) atoms. The molecule has 0 fully saturated rings. The molecule has 0 spiro atoms. The van der Waals surface area contributed by atoms with Crippen LogP contribution < -0.4 is 5.32 Å². The number of pyridine rings is 1. The SMILES string of the molecule is COC(=O)CC[C@@H](NC(=O)c1ccc2ccccc2n1)C(=O)OC. The monoisotopic (exact) mass is 330 g/mol. The van der Waals surface area contributed by atoms with Gasteiger partial charge >= 0.3 is 11.9 Å². The van der Waals surface area contributed by atoms with Gasteiger partial charge in [0.05, 0.1) is 19.7 Å². The Morgan fingerprint density at radius 2 is 1.83 bits per heavy atom. The van der Waals surface area contributed by atoms with Crippen LogP contribution in [0.3, 0.4) is 0 Å². The molecule has 7 nitrogen and oxygen atoms in total. The Morgan fingerprint density at radius 3 is 2.54 bits per heavy atom. The molecule has 1 N–H and O–H groups in total. The smallest absolute Gasteiger partial charge is 0.328 e. The van der Waals surface area contributed by atoms with E-state index < -0.39 is 23.9 Å². The molecule has 0 saturated heterocycles. The van der Waals surface area contributed by atoms with E-state index in [1.54, 1.807) is 18.2 Å². The second-order valence-corrected chi connectivity index (χ2v) is 5.05. The summed E-state index contributed by atoms with van der Waals surface area (Å²) in [6.07, 6.45) is 0.0698. The van der Waals surface area contributed by atoms with Gasteiger partial charge in [-0.15, -0.1) is 0 Å². The van der Waals surface area contributed by atoms with Crippen LogP contribution in [0.15, 0.2) is 36.4 Å². The van der Waals surface area contributed by atoms with Crippen molar-refractivity contribution >= 4 is 28.7 Å². The number of hydrogen-bond donors (Lipinski definition) is 1. The fourth-order valence-electron chi connectivity index (χ4n) is 2.18. The fraction of sp³-hybridized carbons (Fsp3) is 0.294. The van der Waals surface area contributed by atoms with Gasteiger partial charge in [-0.05, 0) is 18.6 Å². The van der Waals surface area contributed by atoms with Crippen molar-refractivity contribution in [3.63, 3.8) is 0 Å². The summed E-state index contributed by atoms with van der Waals surface area (Å²) >= 11 is 0. The largest absolute Gasteiger partial charge is 0.469 e. The standard InChI is InChI=1S/C17H18N2O5/c1-23-15(20)10-9-14(17(22)24-2)19-16(21)13-8-7-11-5-3-4-6-12(11)18-13/h3-8,14H,9-10H2,1-2H3,(H,19,21)/t14-/m1/s1. The van der Waals surface area contributed by atoms with Gasteiger partial charge in [0.15, 0.2) is 0 Å². The molecule has 0 radical (unpaired) electrons. The van der Waals surface area contributed by atoms with Gasteiger partial charge in [0.25, 0.3) is 5.91 Å². The number of nitrogens with one attached hydrogen (secondary N) is 1. The molecule has 7 heteroatoms. The molecule has 1 aromatic heterocycles. The van der Waals surface area contributed by atoms with Gasteiger partial charge in [-0.25, -0.2) is 9.78 Å². The molecular formula is C17H18N2O5. The minimum absolute atomic E-state index is 0.0122. The lowest BCUT2D eigenvalue weighted by Gasteiger charge is -2.15. The Hall–Kier alpha value is -2.96. The Labute approximate surface area is 139 Å². The summed E-state index contributed by atoms with van der Waals surface area (Å²) in [5, 5.41) is 3.45. The number of hydrogen-bond acceptors (Lipinski definition) is 6. The van der Waals surface area contributed by atoms with Gasteiger partial charge in [-0.3, -0.25) is 9.59 Å². The van der Waals surface area contributed by atoms with E-state index in [1.165, 1.54) is 14.2 Å². The number of ether oxygens (including phenoxy) is 2. The summed E-state index contributed by atoms with van der Waals surface area (Å²) in [5.41, 5.74) is 0.856. The molecule has 0 unspecified atom stereocenters. The highest BCUT2D eigenvalue weighted by atomic mass is 16.5. The second kappa shape index (κ2) is 8.05. The van der Waals surface area contributed by atoms with Crippen molar-refractivity contribution in [3.05, 3.63) is 42.1 Å². The molecule has 0 aliphatic carbocycles. The van der Waals surface area contributed by atoms with E-state index in [1.807, 2.05) is 18.2 Å². The molecule has 2 rings (SSSR count). The Morgan fingerprint density at radius 1 is 1.08 bits per heavy atom.